The Bertz CT molecular complexity index is 431. The molecule has 0 amide bonds. The van der Waals surface area contributed by atoms with Gasteiger partial charge in [-0.2, -0.15) is 0 Å². The van der Waals surface area contributed by atoms with Crippen molar-refractivity contribution in [3.8, 4) is 5.75 Å². The van der Waals surface area contributed by atoms with Crippen molar-refractivity contribution in [2.75, 3.05) is 26.2 Å². The zero-order valence-electron chi connectivity index (χ0n) is 11.5. The minimum absolute atomic E-state index is 0. The summed E-state index contributed by atoms with van der Waals surface area (Å²) in [6.07, 6.45) is 1.18. The van der Waals surface area contributed by atoms with Gasteiger partial charge in [-0.3, -0.25) is 4.90 Å². The number of benzene rings is 1. The fraction of sp³-hybridized carbons (Fsp3) is 0.571. The number of ether oxygens (including phenoxy) is 1. The summed E-state index contributed by atoms with van der Waals surface area (Å²) >= 11 is 11.9. The molecule has 114 valence electrons. The molecule has 2 rings (SSSR count). The summed E-state index contributed by atoms with van der Waals surface area (Å²) < 4.78 is 5.71. The molecule has 1 heterocycles. The van der Waals surface area contributed by atoms with Crippen LogP contribution in [0, 0.1) is 5.92 Å². The zero-order chi connectivity index (χ0) is 13.8. The monoisotopic (exact) mass is 338 g/mol. The van der Waals surface area contributed by atoms with E-state index in [1.54, 1.807) is 18.2 Å². The second kappa shape index (κ2) is 8.30. The SMILES string of the molecule is CC1CC(CN)CN1CCOc1ccc(Cl)cc1Cl.Cl. The van der Waals surface area contributed by atoms with Crippen LogP contribution in [0.4, 0.5) is 0 Å². The van der Waals surface area contributed by atoms with E-state index in [1.807, 2.05) is 0 Å². The second-order valence-corrected chi connectivity index (χ2v) is 5.95. The molecule has 0 spiro atoms. The molecule has 2 N–H and O–H groups in total. The Balaban J connectivity index is 0.00000200. The summed E-state index contributed by atoms with van der Waals surface area (Å²) in [4.78, 5) is 2.42. The van der Waals surface area contributed by atoms with Crippen LogP contribution >= 0.6 is 35.6 Å². The molecule has 1 aliphatic heterocycles. The Kier molecular flexibility index (Phi) is 7.41. The van der Waals surface area contributed by atoms with Gasteiger partial charge in [0.15, 0.2) is 0 Å². The van der Waals surface area contributed by atoms with Crippen molar-refractivity contribution in [1.29, 1.82) is 0 Å². The molecule has 20 heavy (non-hydrogen) atoms. The van der Waals surface area contributed by atoms with E-state index in [-0.39, 0.29) is 12.4 Å². The highest BCUT2D eigenvalue weighted by Gasteiger charge is 2.27. The van der Waals surface area contributed by atoms with Gasteiger partial charge in [0.25, 0.3) is 0 Å². The van der Waals surface area contributed by atoms with Gasteiger partial charge in [-0.05, 0) is 44.0 Å². The Hall–Kier alpha value is -0.190. The molecule has 0 bridgehead atoms. The first-order valence-electron chi connectivity index (χ1n) is 6.62. The van der Waals surface area contributed by atoms with Gasteiger partial charge in [-0.25, -0.2) is 0 Å². The molecule has 1 aromatic carbocycles. The lowest BCUT2D eigenvalue weighted by Crippen LogP contribution is -2.32. The van der Waals surface area contributed by atoms with Gasteiger partial charge >= 0.3 is 0 Å². The molecule has 2 unspecified atom stereocenters. The fourth-order valence-electron chi connectivity index (χ4n) is 2.57. The number of hydrogen-bond acceptors (Lipinski definition) is 3. The van der Waals surface area contributed by atoms with Crippen LogP contribution in [0.3, 0.4) is 0 Å². The minimum Gasteiger partial charge on any atom is -0.491 e. The molecule has 0 aromatic heterocycles. The third-order valence-corrected chi connectivity index (χ3v) is 4.18. The van der Waals surface area contributed by atoms with Crippen molar-refractivity contribution >= 4 is 35.6 Å². The van der Waals surface area contributed by atoms with Gasteiger partial charge in [-0.15, -0.1) is 12.4 Å². The first kappa shape index (κ1) is 17.9. The maximum absolute atomic E-state index is 6.06. The number of nitrogens with zero attached hydrogens (tertiary/aromatic N) is 1. The van der Waals surface area contributed by atoms with Crippen molar-refractivity contribution in [2.24, 2.45) is 11.7 Å². The van der Waals surface area contributed by atoms with Crippen molar-refractivity contribution in [2.45, 2.75) is 19.4 Å². The molecular formula is C14H21Cl3N2O. The molecule has 6 heteroatoms. The summed E-state index contributed by atoms with van der Waals surface area (Å²) in [7, 11) is 0. The van der Waals surface area contributed by atoms with Crippen LogP contribution in [0.2, 0.25) is 10.0 Å². The summed E-state index contributed by atoms with van der Waals surface area (Å²) in [6, 6.07) is 5.87. The van der Waals surface area contributed by atoms with Gasteiger partial charge in [0.05, 0.1) is 5.02 Å². The lowest BCUT2D eigenvalue weighted by Gasteiger charge is -2.21. The van der Waals surface area contributed by atoms with Crippen molar-refractivity contribution in [3.05, 3.63) is 28.2 Å². The minimum atomic E-state index is 0. The average molecular weight is 340 g/mol. The first-order chi connectivity index (χ1) is 9.10. The molecule has 0 radical (unpaired) electrons. The highest BCUT2D eigenvalue weighted by Crippen LogP contribution is 2.27. The maximum atomic E-state index is 6.06. The van der Waals surface area contributed by atoms with Gasteiger partial charge in [0.1, 0.15) is 12.4 Å². The number of rotatable bonds is 5. The molecule has 1 aliphatic rings. The molecule has 1 aromatic rings. The largest absolute Gasteiger partial charge is 0.491 e. The number of hydrogen-bond donors (Lipinski definition) is 1. The van der Waals surface area contributed by atoms with Crippen molar-refractivity contribution in [1.82, 2.24) is 4.90 Å². The Labute approximate surface area is 136 Å². The Morgan fingerprint density at radius 2 is 2.15 bits per heavy atom. The van der Waals surface area contributed by atoms with Gasteiger partial charge in [-0.1, -0.05) is 23.2 Å². The van der Waals surface area contributed by atoms with E-state index in [9.17, 15) is 0 Å². The predicted molar refractivity (Wildman–Crippen MR) is 87.4 cm³/mol. The lowest BCUT2D eigenvalue weighted by atomic mass is 10.1. The van der Waals surface area contributed by atoms with E-state index in [0.29, 0.717) is 34.4 Å². The van der Waals surface area contributed by atoms with Crippen LogP contribution in [-0.4, -0.2) is 37.2 Å². The summed E-state index contributed by atoms with van der Waals surface area (Å²) in [5, 5.41) is 1.18. The van der Waals surface area contributed by atoms with E-state index >= 15 is 0 Å². The Morgan fingerprint density at radius 1 is 1.40 bits per heavy atom. The summed E-state index contributed by atoms with van der Waals surface area (Å²) in [6.45, 7) is 5.60. The maximum Gasteiger partial charge on any atom is 0.138 e. The highest BCUT2D eigenvalue weighted by atomic mass is 35.5. The zero-order valence-corrected chi connectivity index (χ0v) is 13.8. The third kappa shape index (κ3) is 4.68. The fourth-order valence-corrected chi connectivity index (χ4v) is 3.03. The van der Waals surface area contributed by atoms with Crippen LogP contribution in [0.15, 0.2) is 18.2 Å². The first-order valence-corrected chi connectivity index (χ1v) is 7.37. The molecule has 1 saturated heterocycles. The lowest BCUT2D eigenvalue weighted by molar-refractivity contribution is 0.202. The standard InChI is InChI=1S/C14H20Cl2N2O.ClH/c1-10-6-11(8-17)9-18(10)4-5-19-14-3-2-12(15)7-13(14)16;/h2-3,7,10-11H,4-6,8-9,17H2,1H3;1H. The van der Waals surface area contributed by atoms with E-state index < -0.39 is 0 Å². The van der Waals surface area contributed by atoms with Crippen LogP contribution in [0.1, 0.15) is 13.3 Å². The molecule has 0 saturated carbocycles. The average Bonchev–Trinajstić information content (AvgIpc) is 2.73. The highest BCUT2D eigenvalue weighted by molar-refractivity contribution is 6.35. The van der Waals surface area contributed by atoms with Gasteiger partial charge in [0, 0.05) is 24.2 Å². The number of nitrogens with two attached hydrogens (primary N) is 1. The normalized spacial score (nSPS) is 22.6. The third-order valence-electron chi connectivity index (χ3n) is 3.65. The van der Waals surface area contributed by atoms with E-state index in [4.69, 9.17) is 33.7 Å². The van der Waals surface area contributed by atoms with Crippen LogP contribution < -0.4 is 10.5 Å². The number of halogens is 3. The Morgan fingerprint density at radius 3 is 2.75 bits per heavy atom. The second-order valence-electron chi connectivity index (χ2n) is 5.10. The molecule has 2 atom stereocenters. The van der Waals surface area contributed by atoms with E-state index in [1.165, 1.54) is 6.42 Å². The van der Waals surface area contributed by atoms with Crippen LogP contribution in [-0.2, 0) is 0 Å². The van der Waals surface area contributed by atoms with E-state index in [0.717, 1.165) is 19.6 Å². The van der Waals surface area contributed by atoms with Gasteiger partial charge in [0.2, 0.25) is 0 Å². The predicted octanol–water partition coefficient (Wildman–Crippen LogP) is 3.46. The quantitative estimate of drug-likeness (QED) is 0.893. The van der Waals surface area contributed by atoms with E-state index in [2.05, 4.69) is 11.8 Å². The van der Waals surface area contributed by atoms with Crippen molar-refractivity contribution < 1.29 is 4.74 Å². The molecule has 0 aliphatic carbocycles. The summed E-state index contributed by atoms with van der Waals surface area (Å²) in [5.41, 5.74) is 5.72. The van der Waals surface area contributed by atoms with Gasteiger partial charge < -0.3 is 10.5 Å². The van der Waals surface area contributed by atoms with Crippen molar-refractivity contribution in [3.63, 3.8) is 0 Å². The van der Waals surface area contributed by atoms with Crippen LogP contribution in [0.5, 0.6) is 5.75 Å². The molecular weight excluding hydrogens is 319 g/mol. The number of likely N-dealkylation sites (tertiary alicyclic amines) is 1. The smallest absolute Gasteiger partial charge is 0.138 e. The summed E-state index contributed by atoms with van der Waals surface area (Å²) in [5.74, 6) is 1.31. The molecule has 1 fully saturated rings. The topological polar surface area (TPSA) is 38.5 Å². The van der Waals surface area contributed by atoms with Crippen LogP contribution in [0.25, 0.3) is 0 Å². The molecule has 3 nitrogen and oxygen atoms in total.